The number of halogens is 2. The number of hydrogen-bond donors (Lipinski definition) is 0. The van der Waals surface area contributed by atoms with Crippen molar-refractivity contribution in [2.45, 2.75) is 19.8 Å². The third-order valence-corrected chi connectivity index (χ3v) is 3.67. The Kier molecular flexibility index (Phi) is 6.57. The molecule has 3 nitrogen and oxygen atoms in total. The van der Waals surface area contributed by atoms with E-state index in [0.717, 1.165) is 5.56 Å². The Morgan fingerprint density at radius 3 is 2.67 bits per heavy atom. The van der Waals surface area contributed by atoms with E-state index in [9.17, 15) is 9.59 Å². The molecule has 0 radical (unpaired) electrons. The Morgan fingerprint density at radius 1 is 1.33 bits per heavy atom. The molecule has 0 spiro atoms. The predicted molar refractivity (Wildman–Crippen MR) is 77.2 cm³/mol. The molecule has 0 N–H and O–H groups in total. The topological polar surface area (TPSA) is 43.4 Å². The van der Waals surface area contributed by atoms with E-state index in [1.807, 2.05) is 6.07 Å². The smallest absolute Gasteiger partial charge is 0.310 e. The molecule has 0 amide bonds. The third-order valence-electron chi connectivity index (χ3n) is 2.34. The first-order valence-electron chi connectivity index (χ1n) is 5.62. The van der Waals surface area contributed by atoms with Crippen LogP contribution in [-0.4, -0.2) is 23.7 Å². The summed E-state index contributed by atoms with van der Waals surface area (Å²) in [4.78, 5) is 23.3. The van der Waals surface area contributed by atoms with Crippen molar-refractivity contribution in [3.05, 3.63) is 33.8 Å². The van der Waals surface area contributed by atoms with Gasteiger partial charge in [-0.1, -0.05) is 34.1 Å². The summed E-state index contributed by atoms with van der Waals surface area (Å²) in [5.41, 5.74) is 1.38. The fraction of sp³-hybridized carbons (Fsp3) is 0.385. The van der Waals surface area contributed by atoms with E-state index in [1.165, 1.54) is 0 Å². The van der Waals surface area contributed by atoms with Gasteiger partial charge in [0.15, 0.2) is 5.78 Å². The van der Waals surface area contributed by atoms with Gasteiger partial charge >= 0.3 is 5.97 Å². The molecular weight excluding hydrogens is 364 g/mol. The number of hydrogen-bond acceptors (Lipinski definition) is 3. The second-order valence-corrected chi connectivity index (χ2v) is 5.21. The van der Waals surface area contributed by atoms with E-state index in [0.29, 0.717) is 28.4 Å². The zero-order valence-corrected chi connectivity index (χ0v) is 13.2. The number of esters is 1. The molecule has 0 heterocycles. The van der Waals surface area contributed by atoms with Gasteiger partial charge in [-0.3, -0.25) is 9.59 Å². The van der Waals surface area contributed by atoms with Gasteiger partial charge in [-0.25, -0.2) is 0 Å². The van der Waals surface area contributed by atoms with Gasteiger partial charge in [0.25, 0.3) is 0 Å². The molecule has 0 aromatic heterocycles. The fourth-order valence-electron chi connectivity index (χ4n) is 1.52. The zero-order chi connectivity index (χ0) is 13.5. The van der Waals surface area contributed by atoms with Gasteiger partial charge in [0, 0.05) is 21.8 Å². The van der Waals surface area contributed by atoms with Crippen molar-refractivity contribution in [3.63, 3.8) is 0 Å². The van der Waals surface area contributed by atoms with Crippen LogP contribution < -0.4 is 0 Å². The average Bonchev–Trinajstić information content (AvgIpc) is 2.32. The molecule has 98 valence electrons. The minimum Gasteiger partial charge on any atom is -0.466 e. The highest BCUT2D eigenvalue weighted by Crippen LogP contribution is 2.24. The molecule has 0 aliphatic rings. The van der Waals surface area contributed by atoms with E-state index in [-0.39, 0.29) is 18.2 Å². The van der Waals surface area contributed by atoms with E-state index in [1.54, 1.807) is 19.1 Å². The number of benzene rings is 1. The van der Waals surface area contributed by atoms with Gasteiger partial charge < -0.3 is 4.74 Å². The Bertz CT molecular complexity index is 444. The maximum absolute atomic E-state index is 11.9. The highest BCUT2D eigenvalue weighted by molar-refractivity contribution is 9.10. The number of rotatable bonds is 6. The first kappa shape index (κ1) is 15.4. The van der Waals surface area contributed by atoms with Gasteiger partial charge in [-0.2, -0.15) is 0 Å². The quantitative estimate of drug-likeness (QED) is 0.432. The lowest BCUT2D eigenvalue weighted by Gasteiger charge is -2.08. The largest absolute Gasteiger partial charge is 0.466 e. The Labute approximate surface area is 123 Å². The molecule has 0 aliphatic heterocycles. The Hall–Kier alpha value is -0.680. The molecule has 0 bridgehead atoms. The Morgan fingerprint density at radius 2 is 2.06 bits per heavy atom. The molecular formula is C13H14Br2O3. The van der Waals surface area contributed by atoms with Gasteiger partial charge in [0.1, 0.15) is 0 Å². The number of ketones is 1. The fourth-order valence-corrected chi connectivity index (χ4v) is 2.51. The number of ether oxygens (including phenoxy) is 1. The minimum absolute atomic E-state index is 0.0458. The first-order chi connectivity index (χ1) is 8.60. The van der Waals surface area contributed by atoms with Crippen molar-refractivity contribution in [1.29, 1.82) is 0 Å². The maximum Gasteiger partial charge on any atom is 0.310 e. The number of Topliss-reactive ketones (excluding diaryl/α,β-unsaturated/α-hetero) is 1. The molecule has 18 heavy (non-hydrogen) atoms. The van der Waals surface area contributed by atoms with Crippen LogP contribution in [0.25, 0.3) is 0 Å². The van der Waals surface area contributed by atoms with Crippen molar-refractivity contribution < 1.29 is 14.3 Å². The molecule has 0 aliphatic carbocycles. The summed E-state index contributed by atoms with van der Waals surface area (Å²) in [6.45, 7) is 2.13. The second kappa shape index (κ2) is 7.69. The van der Waals surface area contributed by atoms with Crippen LogP contribution in [0.3, 0.4) is 0 Å². The second-order valence-electron chi connectivity index (χ2n) is 3.62. The van der Waals surface area contributed by atoms with Crippen molar-refractivity contribution in [2.24, 2.45) is 0 Å². The van der Waals surface area contributed by atoms with Crippen LogP contribution >= 0.6 is 31.9 Å². The SMILES string of the molecule is CCOC(=O)Cc1cccc(C(=O)CCBr)c1Br. The number of carbonyl (C=O) groups excluding carboxylic acids is 2. The Balaban J connectivity index is 2.91. The third kappa shape index (κ3) is 4.21. The highest BCUT2D eigenvalue weighted by atomic mass is 79.9. The van der Waals surface area contributed by atoms with Crippen LogP contribution in [0.1, 0.15) is 29.3 Å². The summed E-state index contributed by atoms with van der Waals surface area (Å²) in [5, 5.41) is 0.625. The molecule has 0 atom stereocenters. The van der Waals surface area contributed by atoms with Crippen LogP contribution in [0.15, 0.2) is 22.7 Å². The molecule has 5 heteroatoms. The molecule has 0 saturated heterocycles. The van der Waals surface area contributed by atoms with Gasteiger partial charge in [0.05, 0.1) is 13.0 Å². The van der Waals surface area contributed by atoms with Gasteiger partial charge in [0.2, 0.25) is 0 Å². The lowest BCUT2D eigenvalue weighted by molar-refractivity contribution is -0.142. The van der Waals surface area contributed by atoms with Crippen molar-refractivity contribution >= 4 is 43.6 Å². The number of carbonyl (C=O) groups is 2. The predicted octanol–water partition coefficient (Wildman–Crippen LogP) is 3.52. The van der Waals surface area contributed by atoms with Gasteiger partial charge in [-0.15, -0.1) is 0 Å². The van der Waals surface area contributed by atoms with Crippen LogP contribution in [0.5, 0.6) is 0 Å². The summed E-state index contributed by atoms with van der Waals surface area (Å²) >= 11 is 6.63. The van der Waals surface area contributed by atoms with Crippen LogP contribution in [-0.2, 0) is 16.0 Å². The molecule has 1 rings (SSSR count). The summed E-state index contributed by atoms with van der Waals surface area (Å²) in [6, 6.07) is 5.34. The van der Waals surface area contributed by atoms with Crippen molar-refractivity contribution in [1.82, 2.24) is 0 Å². The monoisotopic (exact) mass is 376 g/mol. The summed E-state index contributed by atoms with van der Waals surface area (Å²) in [6.07, 6.45) is 0.602. The molecule has 0 fully saturated rings. The molecule has 1 aromatic rings. The van der Waals surface area contributed by atoms with E-state index in [2.05, 4.69) is 31.9 Å². The van der Waals surface area contributed by atoms with Crippen LogP contribution in [0, 0.1) is 0 Å². The summed E-state index contributed by atoms with van der Waals surface area (Å²) < 4.78 is 5.58. The van der Waals surface area contributed by atoms with Crippen molar-refractivity contribution in [2.75, 3.05) is 11.9 Å². The van der Waals surface area contributed by atoms with E-state index >= 15 is 0 Å². The van der Waals surface area contributed by atoms with Gasteiger partial charge in [-0.05, 0) is 28.4 Å². The summed E-state index contributed by atoms with van der Waals surface area (Å²) in [5.74, 6) is -0.243. The molecule has 1 aromatic carbocycles. The van der Waals surface area contributed by atoms with E-state index in [4.69, 9.17) is 4.74 Å². The standard InChI is InChI=1S/C13H14Br2O3/c1-2-18-12(17)8-9-4-3-5-10(13(9)15)11(16)6-7-14/h3-5H,2,6-8H2,1H3. The first-order valence-corrected chi connectivity index (χ1v) is 7.53. The molecule has 0 saturated carbocycles. The lowest BCUT2D eigenvalue weighted by Crippen LogP contribution is -2.09. The average molecular weight is 378 g/mol. The lowest BCUT2D eigenvalue weighted by atomic mass is 10.0. The highest BCUT2D eigenvalue weighted by Gasteiger charge is 2.14. The minimum atomic E-state index is -0.289. The van der Waals surface area contributed by atoms with Crippen LogP contribution in [0.2, 0.25) is 0 Å². The summed E-state index contributed by atoms with van der Waals surface area (Å²) in [7, 11) is 0. The molecule has 0 unspecified atom stereocenters. The van der Waals surface area contributed by atoms with E-state index < -0.39 is 0 Å². The maximum atomic E-state index is 11.9. The normalized spacial score (nSPS) is 10.2. The van der Waals surface area contributed by atoms with Crippen LogP contribution in [0.4, 0.5) is 0 Å². The number of alkyl halides is 1. The van der Waals surface area contributed by atoms with Crippen molar-refractivity contribution in [3.8, 4) is 0 Å². The zero-order valence-electron chi connectivity index (χ0n) is 10.0.